The molecule has 2 nitrogen and oxygen atoms in total. The van der Waals surface area contributed by atoms with E-state index in [0.29, 0.717) is 0 Å². The molecule has 14 rings (SSSR count). The summed E-state index contributed by atoms with van der Waals surface area (Å²) in [5.74, 6) is 0. The predicted octanol–water partition coefficient (Wildman–Crippen LogP) is 15.3. The van der Waals surface area contributed by atoms with Crippen LogP contribution in [0, 0.1) is 0 Å². The standard InChI is InChI=1S/C58H33NO/c1-2-15-36-34(13-1)14-11-22-40(36)56-43-20-5-3-18-41(43)55(42-19-4-6-21-44(42)56)35-26-27-39-37-16-7-9-24-48(37)58(50(39)31-35)49-25-10-8-17-38(49)46-33-54-47(32-51(46)58)57-45-23-12-30-59-52(45)28-29-53(57)60-54/h1-33H. The van der Waals surface area contributed by atoms with Crippen LogP contribution in [0.2, 0.25) is 0 Å². The van der Waals surface area contributed by atoms with E-state index in [1.165, 1.54) is 99.1 Å². The summed E-state index contributed by atoms with van der Waals surface area (Å²) in [4.78, 5) is 4.73. The van der Waals surface area contributed by atoms with E-state index < -0.39 is 5.41 Å². The third-order valence-electron chi connectivity index (χ3n) is 13.7. The van der Waals surface area contributed by atoms with Gasteiger partial charge in [0.2, 0.25) is 0 Å². The number of nitrogens with zero attached hydrogens (tertiary/aromatic N) is 1. The molecule has 1 spiro atoms. The van der Waals surface area contributed by atoms with Gasteiger partial charge in [0.25, 0.3) is 0 Å². The minimum absolute atomic E-state index is 0.539. The highest BCUT2D eigenvalue weighted by Crippen LogP contribution is 2.64. The van der Waals surface area contributed by atoms with Crippen molar-refractivity contribution in [2.75, 3.05) is 0 Å². The predicted molar refractivity (Wildman–Crippen MR) is 249 cm³/mol. The lowest BCUT2D eigenvalue weighted by Gasteiger charge is -2.31. The summed E-state index contributed by atoms with van der Waals surface area (Å²) in [6.07, 6.45) is 1.87. The Bertz CT molecular complexity index is 3790. The molecule has 2 aliphatic carbocycles. The van der Waals surface area contributed by atoms with Gasteiger partial charge in [0.15, 0.2) is 0 Å². The molecule has 1 unspecified atom stereocenters. The molecule has 0 radical (unpaired) electrons. The van der Waals surface area contributed by atoms with Crippen molar-refractivity contribution in [3.05, 3.63) is 223 Å². The van der Waals surface area contributed by atoms with Crippen LogP contribution in [0.4, 0.5) is 0 Å². The lowest BCUT2D eigenvalue weighted by atomic mass is 9.70. The molecule has 0 fully saturated rings. The van der Waals surface area contributed by atoms with Crippen LogP contribution in [0.15, 0.2) is 205 Å². The van der Waals surface area contributed by atoms with Crippen LogP contribution < -0.4 is 0 Å². The van der Waals surface area contributed by atoms with E-state index in [2.05, 4.69) is 188 Å². The summed E-state index contributed by atoms with van der Waals surface area (Å²) >= 11 is 0. The number of fused-ring (bicyclic) bond motifs is 18. The second-order valence-corrected chi connectivity index (χ2v) is 16.5. The fourth-order valence-corrected chi connectivity index (χ4v) is 11.4. The van der Waals surface area contributed by atoms with Crippen LogP contribution in [0.5, 0.6) is 0 Å². The molecule has 0 N–H and O–H groups in total. The first kappa shape index (κ1) is 32.2. The highest BCUT2D eigenvalue weighted by atomic mass is 16.3. The molecule has 2 heteroatoms. The fraction of sp³-hybridized carbons (Fsp3) is 0.0172. The van der Waals surface area contributed by atoms with Gasteiger partial charge in [0, 0.05) is 22.4 Å². The maximum Gasteiger partial charge on any atom is 0.136 e. The van der Waals surface area contributed by atoms with Crippen LogP contribution in [-0.4, -0.2) is 4.98 Å². The number of rotatable bonds is 2. The Morgan fingerprint density at radius 1 is 0.350 bits per heavy atom. The molecule has 1 atom stereocenters. The van der Waals surface area contributed by atoms with Crippen LogP contribution >= 0.6 is 0 Å². The average Bonchev–Trinajstić information content (AvgIpc) is 3.93. The van der Waals surface area contributed by atoms with Crippen LogP contribution in [0.25, 0.3) is 110 Å². The second kappa shape index (κ2) is 11.7. The van der Waals surface area contributed by atoms with E-state index >= 15 is 0 Å². The first-order valence-corrected chi connectivity index (χ1v) is 20.8. The average molecular weight is 760 g/mol. The first-order chi connectivity index (χ1) is 29.8. The maximum atomic E-state index is 6.69. The van der Waals surface area contributed by atoms with E-state index in [0.717, 1.165) is 32.8 Å². The number of furan rings is 1. The molecule has 0 saturated heterocycles. The lowest BCUT2D eigenvalue weighted by molar-refractivity contribution is 0.669. The molecule has 60 heavy (non-hydrogen) atoms. The molecule has 276 valence electrons. The van der Waals surface area contributed by atoms with Gasteiger partial charge in [-0.1, -0.05) is 158 Å². The van der Waals surface area contributed by atoms with Crippen LogP contribution in [0.1, 0.15) is 22.3 Å². The van der Waals surface area contributed by atoms with Gasteiger partial charge in [-0.15, -0.1) is 0 Å². The normalized spacial score (nSPS) is 15.1. The summed E-state index contributed by atoms with van der Waals surface area (Å²) in [6, 6.07) is 72.0. The Morgan fingerprint density at radius 2 is 0.933 bits per heavy atom. The van der Waals surface area contributed by atoms with Gasteiger partial charge < -0.3 is 4.42 Å². The Hall–Kier alpha value is -7.81. The highest BCUT2D eigenvalue weighted by Gasteiger charge is 2.52. The Balaban J connectivity index is 1.09. The Kier molecular flexibility index (Phi) is 6.25. The zero-order valence-electron chi connectivity index (χ0n) is 32.4. The van der Waals surface area contributed by atoms with Gasteiger partial charge in [0.05, 0.1) is 10.9 Å². The molecule has 0 bridgehead atoms. The number of benzene rings is 10. The summed E-state index contributed by atoms with van der Waals surface area (Å²) in [5, 5.41) is 10.9. The SMILES string of the molecule is c1ccc2c(c1)-c1ccc(-c3c4ccccc4c(-c4cccc5ccccc45)c4ccccc34)cc1C21c2ccccc2-c2cc3oc4ccc5ncccc5c4c3cc21. The molecule has 2 heterocycles. The molecule has 0 saturated carbocycles. The van der Waals surface area contributed by atoms with Crippen molar-refractivity contribution in [2.24, 2.45) is 0 Å². The van der Waals surface area contributed by atoms with E-state index in [1.807, 2.05) is 12.3 Å². The van der Waals surface area contributed by atoms with Crippen molar-refractivity contribution in [3.8, 4) is 44.5 Å². The molecule has 12 aromatic rings. The molecular formula is C58H33NO. The van der Waals surface area contributed by atoms with Gasteiger partial charge >= 0.3 is 0 Å². The van der Waals surface area contributed by atoms with Crippen molar-refractivity contribution in [3.63, 3.8) is 0 Å². The quantitative estimate of drug-likeness (QED) is 0.164. The zero-order chi connectivity index (χ0) is 39.1. The van der Waals surface area contributed by atoms with E-state index in [-0.39, 0.29) is 0 Å². The van der Waals surface area contributed by atoms with Gasteiger partial charge in [-0.3, -0.25) is 4.98 Å². The lowest BCUT2D eigenvalue weighted by Crippen LogP contribution is -2.25. The summed E-state index contributed by atoms with van der Waals surface area (Å²) in [5.41, 5.74) is 17.5. The Labute approximate surface area is 345 Å². The largest absolute Gasteiger partial charge is 0.456 e. The van der Waals surface area contributed by atoms with Crippen molar-refractivity contribution >= 4 is 65.2 Å². The number of hydrogen-bond donors (Lipinski definition) is 0. The van der Waals surface area contributed by atoms with Crippen LogP contribution in [-0.2, 0) is 5.41 Å². The zero-order valence-corrected chi connectivity index (χ0v) is 32.4. The number of pyridine rings is 1. The second-order valence-electron chi connectivity index (χ2n) is 16.5. The maximum absolute atomic E-state index is 6.69. The van der Waals surface area contributed by atoms with E-state index in [9.17, 15) is 0 Å². The van der Waals surface area contributed by atoms with Gasteiger partial charge in [0.1, 0.15) is 11.2 Å². The van der Waals surface area contributed by atoms with E-state index in [4.69, 9.17) is 9.40 Å². The van der Waals surface area contributed by atoms with Gasteiger partial charge in [-0.2, -0.15) is 0 Å². The molecular weight excluding hydrogens is 727 g/mol. The minimum Gasteiger partial charge on any atom is -0.456 e. The third kappa shape index (κ3) is 4.00. The van der Waals surface area contributed by atoms with Gasteiger partial charge in [-0.05, 0) is 135 Å². The molecule has 10 aromatic carbocycles. The summed E-state index contributed by atoms with van der Waals surface area (Å²) in [6.45, 7) is 0. The number of hydrogen-bond acceptors (Lipinski definition) is 2. The molecule has 2 aliphatic rings. The van der Waals surface area contributed by atoms with Crippen molar-refractivity contribution < 1.29 is 4.42 Å². The monoisotopic (exact) mass is 759 g/mol. The Morgan fingerprint density at radius 3 is 1.70 bits per heavy atom. The molecule has 0 amide bonds. The first-order valence-electron chi connectivity index (χ1n) is 20.8. The highest BCUT2D eigenvalue weighted by molar-refractivity contribution is 6.24. The van der Waals surface area contributed by atoms with Gasteiger partial charge in [-0.25, -0.2) is 0 Å². The number of aromatic nitrogens is 1. The summed E-state index contributed by atoms with van der Waals surface area (Å²) < 4.78 is 6.69. The van der Waals surface area contributed by atoms with Crippen LogP contribution in [0.3, 0.4) is 0 Å². The van der Waals surface area contributed by atoms with Crippen molar-refractivity contribution in [1.82, 2.24) is 4.98 Å². The van der Waals surface area contributed by atoms with E-state index in [1.54, 1.807) is 0 Å². The minimum atomic E-state index is -0.539. The van der Waals surface area contributed by atoms with Crippen molar-refractivity contribution in [2.45, 2.75) is 5.41 Å². The molecule has 2 aromatic heterocycles. The molecule has 0 aliphatic heterocycles. The smallest absolute Gasteiger partial charge is 0.136 e. The summed E-state index contributed by atoms with van der Waals surface area (Å²) in [7, 11) is 0. The fourth-order valence-electron chi connectivity index (χ4n) is 11.4. The third-order valence-corrected chi connectivity index (χ3v) is 13.7. The van der Waals surface area contributed by atoms with Crippen molar-refractivity contribution in [1.29, 1.82) is 0 Å². The topological polar surface area (TPSA) is 26.0 Å².